The normalized spacial score (nSPS) is 16.4. The van der Waals surface area contributed by atoms with E-state index in [0.29, 0.717) is 43.1 Å². The van der Waals surface area contributed by atoms with Gasteiger partial charge in [0.15, 0.2) is 5.69 Å². The number of rotatable bonds is 8. The van der Waals surface area contributed by atoms with E-state index in [1.165, 1.54) is 5.56 Å². The molecular weight excluding hydrogens is 494 g/mol. The zero-order valence-corrected chi connectivity index (χ0v) is 23.4. The van der Waals surface area contributed by atoms with Crippen LogP contribution in [0.25, 0.3) is 5.52 Å². The molecule has 0 aliphatic carbocycles. The summed E-state index contributed by atoms with van der Waals surface area (Å²) in [5, 5.41) is 10.4. The summed E-state index contributed by atoms with van der Waals surface area (Å²) in [5.41, 5.74) is 1.91. The molecule has 4 rings (SSSR count). The Kier molecular flexibility index (Phi) is 8.57. The van der Waals surface area contributed by atoms with Crippen LogP contribution in [0.15, 0.2) is 54.7 Å². The molecule has 3 aromatic rings. The van der Waals surface area contributed by atoms with Gasteiger partial charge in [0.2, 0.25) is 0 Å². The molecule has 2 N–H and O–H groups in total. The van der Waals surface area contributed by atoms with Crippen LogP contribution in [0.3, 0.4) is 0 Å². The molecule has 3 amide bonds. The zero-order valence-electron chi connectivity index (χ0n) is 23.4. The van der Waals surface area contributed by atoms with Crippen LogP contribution in [0, 0.1) is 5.92 Å². The molecule has 1 fully saturated rings. The van der Waals surface area contributed by atoms with Gasteiger partial charge in [0.25, 0.3) is 11.8 Å². The maximum atomic E-state index is 13.3. The van der Waals surface area contributed by atoms with Crippen LogP contribution in [-0.4, -0.2) is 63.7 Å². The fourth-order valence-corrected chi connectivity index (χ4v) is 4.95. The second-order valence-corrected chi connectivity index (χ2v) is 11.6. The van der Waals surface area contributed by atoms with E-state index < -0.39 is 11.7 Å². The molecule has 2 atom stereocenters. The van der Waals surface area contributed by atoms with E-state index in [1.54, 1.807) is 33.8 Å². The highest BCUT2D eigenvalue weighted by Crippen LogP contribution is 2.24. The summed E-state index contributed by atoms with van der Waals surface area (Å²) in [6.07, 6.45) is 2.82. The topological polar surface area (TPSA) is 105 Å². The molecule has 1 aliphatic heterocycles. The molecule has 0 bridgehead atoms. The molecule has 3 heterocycles. The summed E-state index contributed by atoms with van der Waals surface area (Å²) in [6, 6.07) is 15.2. The van der Waals surface area contributed by atoms with Crippen LogP contribution < -0.4 is 10.6 Å². The number of hydrogen-bond donors (Lipinski definition) is 2. The van der Waals surface area contributed by atoms with Crippen molar-refractivity contribution < 1.29 is 19.1 Å². The van der Waals surface area contributed by atoms with Crippen molar-refractivity contribution in [3.63, 3.8) is 0 Å². The third-order valence-corrected chi connectivity index (χ3v) is 6.70. The molecule has 0 radical (unpaired) electrons. The number of alkyl carbamates (subject to hydrolysis) is 1. The number of benzene rings is 1. The molecule has 1 saturated heterocycles. The van der Waals surface area contributed by atoms with Gasteiger partial charge in [0.1, 0.15) is 5.60 Å². The number of ether oxygens (including phenoxy) is 1. The van der Waals surface area contributed by atoms with Gasteiger partial charge in [-0.05, 0) is 63.3 Å². The van der Waals surface area contributed by atoms with Crippen LogP contribution >= 0.6 is 0 Å². The molecule has 39 heavy (non-hydrogen) atoms. The van der Waals surface area contributed by atoms with Crippen LogP contribution in [-0.2, 0) is 4.74 Å². The third-order valence-electron chi connectivity index (χ3n) is 6.70. The van der Waals surface area contributed by atoms with Gasteiger partial charge in [0.05, 0.1) is 17.1 Å². The maximum Gasteiger partial charge on any atom is 0.407 e. The minimum Gasteiger partial charge on any atom is -0.444 e. The van der Waals surface area contributed by atoms with Crippen molar-refractivity contribution >= 4 is 23.4 Å². The van der Waals surface area contributed by atoms with E-state index >= 15 is 0 Å². The second kappa shape index (κ2) is 11.9. The molecule has 1 aliphatic rings. The lowest BCUT2D eigenvalue weighted by Gasteiger charge is -2.22. The number of carbonyl (C=O) groups is 3. The number of carbonyl (C=O) groups excluding carboxylic acids is 3. The number of amides is 3. The molecule has 208 valence electrons. The Balaban J connectivity index is 1.43. The first-order valence-electron chi connectivity index (χ1n) is 13.6. The van der Waals surface area contributed by atoms with E-state index in [1.807, 2.05) is 39.0 Å². The number of aromatic nitrogens is 2. The molecular formula is C30H39N5O4. The summed E-state index contributed by atoms with van der Waals surface area (Å²) < 4.78 is 6.89. The first-order valence-corrected chi connectivity index (χ1v) is 13.6. The van der Waals surface area contributed by atoms with E-state index in [4.69, 9.17) is 4.74 Å². The van der Waals surface area contributed by atoms with Crippen LogP contribution in [0.4, 0.5) is 4.79 Å². The lowest BCUT2D eigenvalue weighted by molar-refractivity contribution is 0.0502. The van der Waals surface area contributed by atoms with Gasteiger partial charge in [-0.3, -0.25) is 9.59 Å². The SMILES string of the molecule is CC(C)CC(CNC(=O)c1cccn2nc(C(=O)N3CC[C@@H](NC(=O)OC(C)(C)C)C3)cc12)c1ccccc1. The summed E-state index contributed by atoms with van der Waals surface area (Å²) >= 11 is 0. The Morgan fingerprint density at radius 3 is 2.54 bits per heavy atom. The summed E-state index contributed by atoms with van der Waals surface area (Å²) in [5.74, 6) is 0.254. The standard InChI is InChI=1S/C30H39N5O4/c1-20(2)16-22(21-10-7-6-8-11-21)18-31-27(36)24-12-9-14-35-26(24)17-25(33-35)28(37)34-15-13-23(19-34)32-29(38)39-30(3,4)5/h6-12,14,17,20,22-23H,13,15-16,18-19H2,1-5H3,(H,31,36)(H,32,38)/t22?,23-/m1/s1. The molecule has 0 spiro atoms. The minimum absolute atomic E-state index is 0.189. The first-order chi connectivity index (χ1) is 18.5. The zero-order chi connectivity index (χ0) is 28.2. The summed E-state index contributed by atoms with van der Waals surface area (Å²) in [4.78, 5) is 40.3. The van der Waals surface area contributed by atoms with Crippen LogP contribution in [0.2, 0.25) is 0 Å². The van der Waals surface area contributed by atoms with Crippen molar-refractivity contribution in [2.45, 2.75) is 65.0 Å². The van der Waals surface area contributed by atoms with Crippen molar-refractivity contribution in [2.75, 3.05) is 19.6 Å². The molecule has 9 heteroatoms. The van der Waals surface area contributed by atoms with E-state index in [-0.39, 0.29) is 29.5 Å². The fraction of sp³-hybridized carbons (Fsp3) is 0.467. The Hall–Kier alpha value is -3.88. The molecule has 9 nitrogen and oxygen atoms in total. The average molecular weight is 534 g/mol. The lowest BCUT2D eigenvalue weighted by Crippen LogP contribution is -2.41. The second-order valence-electron chi connectivity index (χ2n) is 11.6. The van der Waals surface area contributed by atoms with Crippen molar-refractivity contribution in [3.8, 4) is 0 Å². The predicted octanol–water partition coefficient (Wildman–Crippen LogP) is 4.63. The van der Waals surface area contributed by atoms with Gasteiger partial charge in [-0.15, -0.1) is 0 Å². The highest BCUT2D eigenvalue weighted by molar-refractivity contribution is 6.02. The number of fused-ring (bicyclic) bond motifs is 1. The highest BCUT2D eigenvalue weighted by atomic mass is 16.6. The largest absolute Gasteiger partial charge is 0.444 e. The van der Waals surface area contributed by atoms with Gasteiger partial charge in [-0.2, -0.15) is 5.10 Å². The lowest BCUT2D eigenvalue weighted by atomic mass is 9.90. The third kappa shape index (κ3) is 7.37. The van der Waals surface area contributed by atoms with Gasteiger partial charge in [-0.25, -0.2) is 9.31 Å². The molecule has 0 saturated carbocycles. The quantitative estimate of drug-likeness (QED) is 0.439. The van der Waals surface area contributed by atoms with E-state index in [9.17, 15) is 14.4 Å². The highest BCUT2D eigenvalue weighted by Gasteiger charge is 2.31. The number of pyridine rings is 1. The van der Waals surface area contributed by atoms with Crippen molar-refractivity contribution in [3.05, 3.63) is 71.5 Å². The Labute approximate surface area is 229 Å². The van der Waals surface area contributed by atoms with Crippen LogP contribution in [0.5, 0.6) is 0 Å². The Morgan fingerprint density at radius 2 is 1.85 bits per heavy atom. The van der Waals surface area contributed by atoms with Gasteiger partial charge in [-0.1, -0.05) is 44.2 Å². The van der Waals surface area contributed by atoms with Crippen molar-refractivity contribution in [1.82, 2.24) is 25.1 Å². The smallest absolute Gasteiger partial charge is 0.407 e. The van der Waals surface area contributed by atoms with Crippen molar-refractivity contribution in [1.29, 1.82) is 0 Å². The van der Waals surface area contributed by atoms with Crippen LogP contribution in [0.1, 0.15) is 79.8 Å². The summed E-state index contributed by atoms with van der Waals surface area (Å²) in [7, 11) is 0. The monoisotopic (exact) mass is 533 g/mol. The van der Waals surface area contributed by atoms with E-state index in [2.05, 4.69) is 41.7 Å². The number of hydrogen-bond acceptors (Lipinski definition) is 5. The molecule has 2 aromatic heterocycles. The van der Waals surface area contributed by atoms with Gasteiger partial charge >= 0.3 is 6.09 Å². The minimum atomic E-state index is -0.588. The van der Waals surface area contributed by atoms with Gasteiger partial charge < -0.3 is 20.3 Å². The van der Waals surface area contributed by atoms with E-state index in [0.717, 1.165) is 6.42 Å². The average Bonchev–Trinajstić information content (AvgIpc) is 3.52. The number of nitrogens with zero attached hydrogens (tertiary/aromatic N) is 3. The predicted molar refractivity (Wildman–Crippen MR) is 150 cm³/mol. The van der Waals surface area contributed by atoms with Gasteiger partial charge in [0, 0.05) is 31.7 Å². The Bertz CT molecular complexity index is 1310. The first kappa shape index (κ1) is 28.1. The summed E-state index contributed by atoms with van der Waals surface area (Å²) in [6.45, 7) is 11.2. The Morgan fingerprint density at radius 1 is 1.10 bits per heavy atom. The number of nitrogens with one attached hydrogen (secondary N) is 2. The molecule has 1 aromatic carbocycles. The van der Waals surface area contributed by atoms with Crippen molar-refractivity contribution in [2.24, 2.45) is 5.92 Å². The maximum absolute atomic E-state index is 13.3. The molecule has 1 unspecified atom stereocenters. The number of likely N-dealkylation sites (tertiary alicyclic amines) is 1. The fourth-order valence-electron chi connectivity index (χ4n) is 4.95.